The summed E-state index contributed by atoms with van der Waals surface area (Å²) in [4.78, 5) is 2.64. The van der Waals surface area contributed by atoms with Gasteiger partial charge in [0.2, 0.25) is 0 Å². The van der Waals surface area contributed by atoms with Crippen molar-refractivity contribution in [2.24, 2.45) is 0 Å². The normalized spacial score (nSPS) is 33.4. The zero-order valence-corrected chi connectivity index (χ0v) is 12.7. The Morgan fingerprint density at radius 2 is 2.16 bits per heavy atom. The van der Waals surface area contributed by atoms with Crippen LogP contribution >= 0.6 is 23.4 Å². The average Bonchev–Trinajstić information content (AvgIpc) is 2.96. The molecule has 1 N–H and O–H groups in total. The van der Waals surface area contributed by atoms with Gasteiger partial charge in [0.05, 0.1) is 5.38 Å². The van der Waals surface area contributed by atoms with Crippen molar-refractivity contribution in [2.45, 2.75) is 29.5 Å². The fourth-order valence-electron chi connectivity index (χ4n) is 3.06. The molecule has 0 aromatic heterocycles. The summed E-state index contributed by atoms with van der Waals surface area (Å²) in [6, 6.07) is 0.544. The van der Waals surface area contributed by atoms with Crippen molar-refractivity contribution in [1.82, 2.24) is 10.2 Å². The summed E-state index contributed by atoms with van der Waals surface area (Å²) in [5.74, 6) is 0. The van der Waals surface area contributed by atoms with Gasteiger partial charge in [0.15, 0.2) is 0 Å². The van der Waals surface area contributed by atoms with Crippen LogP contribution in [0.1, 0.15) is 12.8 Å². The third-order valence-corrected chi connectivity index (χ3v) is 5.51. The maximum atomic E-state index is 6.16. The minimum absolute atomic E-state index is 0.182. The first kappa shape index (κ1) is 13.7. The largest absolute Gasteiger partial charge is 0.314 e. The molecule has 19 heavy (non-hydrogen) atoms. The lowest BCUT2D eigenvalue weighted by atomic mass is 9.94. The summed E-state index contributed by atoms with van der Waals surface area (Å²) in [6.45, 7) is 4.52. The van der Waals surface area contributed by atoms with Crippen LogP contribution in [0.15, 0.2) is 35.3 Å². The molecule has 1 aliphatic carbocycles. The van der Waals surface area contributed by atoms with E-state index in [2.05, 4.69) is 39.9 Å². The number of hydrogen-bond donors (Lipinski definition) is 1. The van der Waals surface area contributed by atoms with Gasteiger partial charge in [-0.25, -0.2) is 0 Å². The van der Waals surface area contributed by atoms with E-state index >= 15 is 0 Å². The molecule has 3 atom stereocenters. The summed E-state index contributed by atoms with van der Waals surface area (Å²) >= 11 is 8.15. The lowest BCUT2D eigenvalue weighted by Crippen LogP contribution is -2.52. The van der Waals surface area contributed by atoms with Gasteiger partial charge in [-0.1, -0.05) is 24.3 Å². The molecule has 3 aliphatic rings. The smallest absolute Gasteiger partial charge is 0.0553 e. The molecular weight excluding hydrogens is 276 g/mol. The van der Waals surface area contributed by atoms with Crippen LogP contribution in [-0.2, 0) is 0 Å². The molecule has 4 heteroatoms. The Kier molecular flexibility index (Phi) is 4.69. The molecule has 1 fully saturated rings. The number of piperazine rings is 1. The first-order valence-corrected chi connectivity index (χ1v) is 8.50. The van der Waals surface area contributed by atoms with Gasteiger partial charge >= 0.3 is 0 Å². The fraction of sp³-hybridized carbons (Fsp3) is 0.600. The van der Waals surface area contributed by atoms with Crippen LogP contribution in [0, 0.1) is 0 Å². The number of nitrogens with one attached hydrogen (secondary N) is 1. The Morgan fingerprint density at radius 1 is 1.32 bits per heavy atom. The number of alkyl halides is 1. The van der Waals surface area contributed by atoms with Crippen LogP contribution in [0.3, 0.4) is 0 Å². The molecule has 2 heterocycles. The highest BCUT2D eigenvalue weighted by molar-refractivity contribution is 8.03. The molecule has 1 saturated heterocycles. The minimum atomic E-state index is 0.182. The standard InChI is InChI=1S/C15H21ClN2S/c16-13-5-3-12(4-6-13)15(14-2-1-11-19-14)18-9-7-17-8-10-18/h1,3-5,11,13-15,17H,2,6-10H2. The number of allylic oxidation sites excluding steroid dienone is 3. The van der Waals surface area contributed by atoms with Gasteiger partial charge in [-0.15, -0.1) is 23.4 Å². The van der Waals surface area contributed by atoms with E-state index in [4.69, 9.17) is 11.6 Å². The Balaban J connectivity index is 1.77. The summed E-state index contributed by atoms with van der Waals surface area (Å²) in [5, 5.41) is 6.56. The number of nitrogens with zero attached hydrogens (tertiary/aromatic N) is 1. The zero-order valence-electron chi connectivity index (χ0n) is 11.1. The molecule has 3 rings (SSSR count). The lowest BCUT2D eigenvalue weighted by Gasteiger charge is -2.39. The van der Waals surface area contributed by atoms with E-state index in [-0.39, 0.29) is 5.38 Å². The number of halogens is 1. The highest BCUT2D eigenvalue weighted by Gasteiger charge is 2.32. The van der Waals surface area contributed by atoms with E-state index < -0.39 is 0 Å². The van der Waals surface area contributed by atoms with Crippen molar-refractivity contribution < 1.29 is 0 Å². The summed E-state index contributed by atoms with van der Waals surface area (Å²) < 4.78 is 0. The molecule has 0 saturated carbocycles. The van der Waals surface area contributed by atoms with Crippen LogP contribution in [0.2, 0.25) is 0 Å². The van der Waals surface area contributed by atoms with E-state index in [0.717, 1.165) is 32.6 Å². The second-order valence-corrected chi connectivity index (χ2v) is 7.04. The Labute approximate surface area is 124 Å². The third-order valence-electron chi connectivity index (χ3n) is 4.03. The summed E-state index contributed by atoms with van der Waals surface area (Å²) in [5.41, 5.74) is 1.47. The first-order valence-electron chi connectivity index (χ1n) is 7.12. The van der Waals surface area contributed by atoms with E-state index in [1.54, 1.807) is 0 Å². The van der Waals surface area contributed by atoms with Crippen molar-refractivity contribution in [3.63, 3.8) is 0 Å². The topological polar surface area (TPSA) is 15.3 Å². The Hall–Kier alpha value is -0.220. The maximum Gasteiger partial charge on any atom is 0.0553 e. The van der Waals surface area contributed by atoms with Gasteiger partial charge in [-0.2, -0.15) is 0 Å². The maximum absolute atomic E-state index is 6.16. The number of thioether (sulfide) groups is 1. The molecule has 0 aromatic rings. The van der Waals surface area contributed by atoms with E-state index in [9.17, 15) is 0 Å². The van der Waals surface area contributed by atoms with Gasteiger partial charge in [0, 0.05) is 37.5 Å². The molecule has 2 nitrogen and oxygen atoms in total. The summed E-state index contributed by atoms with van der Waals surface area (Å²) in [6.07, 6.45) is 11.2. The second kappa shape index (κ2) is 6.49. The highest BCUT2D eigenvalue weighted by atomic mass is 35.5. The van der Waals surface area contributed by atoms with Crippen molar-refractivity contribution >= 4 is 23.4 Å². The molecule has 0 spiro atoms. The molecule has 0 bridgehead atoms. The van der Waals surface area contributed by atoms with Crippen molar-refractivity contribution in [3.05, 3.63) is 35.3 Å². The van der Waals surface area contributed by atoms with Crippen LogP contribution in [-0.4, -0.2) is 47.7 Å². The van der Waals surface area contributed by atoms with Crippen LogP contribution in [0.4, 0.5) is 0 Å². The molecule has 0 amide bonds. The SMILES string of the molecule is ClC1C=CC(C(C2CC=CS2)N2CCNCC2)=CC1. The quantitative estimate of drug-likeness (QED) is 0.806. The molecule has 0 radical (unpaired) electrons. The van der Waals surface area contributed by atoms with Crippen molar-refractivity contribution in [1.29, 1.82) is 0 Å². The molecule has 3 unspecified atom stereocenters. The number of hydrogen-bond acceptors (Lipinski definition) is 3. The zero-order chi connectivity index (χ0) is 13.1. The van der Waals surface area contributed by atoms with Gasteiger partial charge in [0.1, 0.15) is 0 Å². The first-order chi connectivity index (χ1) is 9.34. The van der Waals surface area contributed by atoms with Crippen LogP contribution < -0.4 is 5.32 Å². The Morgan fingerprint density at radius 3 is 2.79 bits per heavy atom. The third kappa shape index (κ3) is 3.27. The van der Waals surface area contributed by atoms with Crippen molar-refractivity contribution in [3.8, 4) is 0 Å². The van der Waals surface area contributed by atoms with E-state index in [0.29, 0.717) is 11.3 Å². The lowest BCUT2D eigenvalue weighted by molar-refractivity contribution is 0.193. The average molecular weight is 297 g/mol. The van der Waals surface area contributed by atoms with E-state index in [1.165, 1.54) is 12.0 Å². The van der Waals surface area contributed by atoms with Crippen molar-refractivity contribution in [2.75, 3.05) is 26.2 Å². The predicted octanol–water partition coefficient (Wildman–Crippen LogP) is 2.77. The van der Waals surface area contributed by atoms with Gasteiger partial charge in [-0.05, 0) is 23.8 Å². The second-order valence-electron chi connectivity index (χ2n) is 5.33. The fourth-order valence-corrected chi connectivity index (χ4v) is 4.34. The molecule has 2 aliphatic heterocycles. The molecular formula is C15H21ClN2S. The van der Waals surface area contributed by atoms with Gasteiger partial charge in [0.25, 0.3) is 0 Å². The summed E-state index contributed by atoms with van der Waals surface area (Å²) in [7, 11) is 0. The number of rotatable bonds is 3. The van der Waals surface area contributed by atoms with Gasteiger partial charge in [-0.3, -0.25) is 4.90 Å². The van der Waals surface area contributed by atoms with E-state index in [1.807, 2.05) is 11.8 Å². The molecule has 0 aromatic carbocycles. The van der Waals surface area contributed by atoms with Crippen LogP contribution in [0.25, 0.3) is 0 Å². The predicted molar refractivity (Wildman–Crippen MR) is 84.8 cm³/mol. The highest BCUT2D eigenvalue weighted by Crippen LogP contribution is 2.34. The monoisotopic (exact) mass is 296 g/mol. The Bertz CT molecular complexity index is 391. The van der Waals surface area contributed by atoms with Crippen LogP contribution in [0.5, 0.6) is 0 Å². The van der Waals surface area contributed by atoms with Gasteiger partial charge < -0.3 is 5.32 Å². The molecule has 104 valence electrons. The minimum Gasteiger partial charge on any atom is -0.314 e.